The summed E-state index contributed by atoms with van der Waals surface area (Å²) in [6, 6.07) is 42.1. The number of fused-ring (bicyclic) bond motifs is 2. The maximum atomic E-state index is 5.13. The van der Waals surface area contributed by atoms with Gasteiger partial charge in [0, 0.05) is 28.1 Å². The number of benzene rings is 5. The fraction of sp³-hybridized carbons (Fsp3) is 0.0250. The van der Waals surface area contributed by atoms with Gasteiger partial charge in [-0.15, -0.1) is 0 Å². The number of para-hydroxylation sites is 5. The Morgan fingerprint density at radius 3 is 2.20 bits per heavy atom. The number of nitrogens with zero attached hydrogens (tertiary/aromatic N) is 6. The zero-order chi connectivity index (χ0) is 31.0. The maximum absolute atomic E-state index is 5.13. The third kappa shape index (κ3) is 4.55. The molecule has 6 nitrogen and oxygen atoms in total. The molecular formula is C40H30N6. The van der Waals surface area contributed by atoms with Gasteiger partial charge in [-0.25, -0.2) is 15.0 Å². The molecule has 3 heterocycles. The van der Waals surface area contributed by atoms with E-state index in [-0.39, 0.29) is 0 Å². The van der Waals surface area contributed by atoms with Crippen LogP contribution in [0.25, 0.3) is 67.7 Å². The van der Waals surface area contributed by atoms with Crippen molar-refractivity contribution in [2.24, 2.45) is 0 Å². The first-order valence-corrected chi connectivity index (χ1v) is 15.2. The average Bonchev–Trinajstić information content (AvgIpc) is 3.82. The lowest BCUT2D eigenvalue weighted by molar-refractivity contribution is 0.999. The zero-order valence-corrected chi connectivity index (χ0v) is 25.3. The number of hydrogen-bond acceptors (Lipinski definition) is 3. The van der Waals surface area contributed by atoms with Crippen molar-refractivity contribution in [3.05, 3.63) is 164 Å². The Morgan fingerprint density at radius 1 is 0.630 bits per heavy atom. The summed E-state index contributed by atoms with van der Waals surface area (Å²) in [5, 5.41) is 0. The zero-order valence-electron chi connectivity index (χ0n) is 25.3. The molecule has 0 bridgehead atoms. The molecule has 0 aliphatic rings. The lowest BCUT2D eigenvalue weighted by atomic mass is 9.99. The second-order valence-electron chi connectivity index (χ2n) is 11.1. The van der Waals surface area contributed by atoms with Crippen molar-refractivity contribution < 1.29 is 0 Å². The highest BCUT2D eigenvalue weighted by Crippen LogP contribution is 2.38. The van der Waals surface area contributed by atoms with Crippen LogP contribution in [0.3, 0.4) is 0 Å². The molecule has 46 heavy (non-hydrogen) atoms. The van der Waals surface area contributed by atoms with Gasteiger partial charge < -0.3 is 4.57 Å². The average molecular weight is 595 g/mol. The van der Waals surface area contributed by atoms with Crippen molar-refractivity contribution >= 4 is 28.1 Å². The third-order valence-electron chi connectivity index (χ3n) is 8.43. The number of hydrogen-bond donors (Lipinski definition) is 0. The molecule has 0 saturated carbocycles. The molecule has 6 heteroatoms. The number of allylic oxidation sites excluding steroid dienone is 2. The first kappa shape index (κ1) is 27.3. The summed E-state index contributed by atoms with van der Waals surface area (Å²) in [5.41, 5.74) is 12.2. The molecule has 220 valence electrons. The Morgan fingerprint density at radius 2 is 1.35 bits per heavy atom. The van der Waals surface area contributed by atoms with Gasteiger partial charge in [0.2, 0.25) is 0 Å². The van der Waals surface area contributed by atoms with E-state index in [0.29, 0.717) is 0 Å². The molecular weight excluding hydrogens is 564 g/mol. The van der Waals surface area contributed by atoms with Crippen LogP contribution >= 0.6 is 0 Å². The molecule has 0 radical (unpaired) electrons. The molecule has 0 fully saturated rings. The molecule has 0 unspecified atom stereocenters. The second kappa shape index (κ2) is 11.3. The van der Waals surface area contributed by atoms with Gasteiger partial charge in [-0.05, 0) is 61.5 Å². The van der Waals surface area contributed by atoms with Gasteiger partial charge in [0.25, 0.3) is 0 Å². The minimum absolute atomic E-state index is 0.893. The summed E-state index contributed by atoms with van der Waals surface area (Å²) in [6.07, 6.45) is 9.45. The van der Waals surface area contributed by atoms with Crippen molar-refractivity contribution in [1.82, 2.24) is 28.7 Å². The Kier molecular flexibility index (Phi) is 6.73. The van der Waals surface area contributed by atoms with Crippen molar-refractivity contribution in [3.8, 4) is 39.6 Å². The van der Waals surface area contributed by atoms with Gasteiger partial charge in [-0.2, -0.15) is 0 Å². The summed E-state index contributed by atoms with van der Waals surface area (Å²) < 4.78 is 6.59. The largest absolute Gasteiger partial charge is 0.303 e. The Hall–Kier alpha value is -6.27. The smallest absolute Gasteiger partial charge is 0.145 e. The van der Waals surface area contributed by atoms with Crippen molar-refractivity contribution in [1.29, 1.82) is 0 Å². The van der Waals surface area contributed by atoms with Gasteiger partial charge in [-0.1, -0.05) is 91.5 Å². The summed E-state index contributed by atoms with van der Waals surface area (Å²) in [6.45, 7) is 5.90. The monoisotopic (exact) mass is 594 g/mol. The minimum atomic E-state index is 0.893. The lowest BCUT2D eigenvalue weighted by Gasteiger charge is -2.19. The maximum Gasteiger partial charge on any atom is 0.145 e. The predicted octanol–water partition coefficient (Wildman–Crippen LogP) is 9.39. The van der Waals surface area contributed by atoms with E-state index in [0.717, 1.165) is 73.0 Å². The highest BCUT2D eigenvalue weighted by atomic mass is 15.1. The van der Waals surface area contributed by atoms with Crippen LogP contribution in [0, 0.1) is 6.92 Å². The van der Waals surface area contributed by atoms with Gasteiger partial charge in [-0.3, -0.25) is 9.13 Å². The van der Waals surface area contributed by atoms with E-state index >= 15 is 0 Å². The molecule has 0 saturated heterocycles. The molecule has 8 aromatic rings. The molecule has 0 spiro atoms. The van der Waals surface area contributed by atoms with E-state index in [2.05, 4.69) is 129 Å². The van der Waals surface area contributed by atoms with E-state index < -0.39 is 0 Å². The van der Waals surface area contributed by atoms with Crippen LogP contribution < -0.4 is 0 Å². The molecule has 8 rings (SSSR count). The van der Waals surface area contributed by atoms with Crippen LogP contribution in [0.15, 0.2) is 153 Å². The lowest BCUT2D eigenvalue weighted by Crippen LogP contribution is -2.04. The molecule has 0 aliphatic carbocycles. The molecule has 0 amide bonds. The summed E-state index contributed by atoms with van der Waals surface area (Å²) in [5.74, 6) is 0.893. The SMILES string of the molecule is C=C/C=C\c1ncn(-c2ccc(-n3cnc4ccccc43)c(-c3ccccc3-n3c(-c4ccccc4)nc4ccccc43)c2)c1C. The molecule has 3 aromatic heterocycles. The standard InChI is InChI=1S/C40H30N6/c1-3-4-17-33-28(2)44(26-41-33)30-23-24-36(45-27-42-34-18-9-12-21-38(34)45)32(25-30)31-16-8-11-20-37(31)46-39-22-13-10-19-35(39)43-40(46)29-14-6-5-7-15-29/h3-27H,1H2,2H3/b17-4-. The van der Waals surface area contributed by atoms with E-state index in [1.807, 2.05) is 49.1 Å². The molecule has 0 N–H and O–H groups in total. The van der Waals surface area contributed by atoms with Crippen LogP contribution in [-0.2, 0) is 0 Å². The quantitative estimate of drug-likeness (QED) is 0.173. The predicted molar refractivity (Wildman–Crippen MR) is 188 cm³/mol. The first-order valence-electron chi connectivity index (χ1n) is 15.2. The normalized spacial score (nSPS) is 11.6. The van der Waals surface area contributed by atoms with Crippen LogP contribution in [-0.4, -0.2) is 28.7 Å². The van der Waals surface area contributed by atoms with Crippen LogP contribution in [0.5, 0.6) is 0 Å². The first-order chi connectivity index (χ1) is 22.7. The molecule has 5 aromatic carbocycles. The van der Waals surface area contributed by atoms with Gasteiger partial charge in [0.05, 0.1) is 39.1 Å². The Bertz CT molecular complexity index is 2400. The summed E-state index contributed by atoms with van der Waals surface area (Å²) in [7, 11) is 0. The van der Waals surface area contributed by atoms with E-state index in [9.17, 15) is 0 Å². The highest BCUT2D eigenvalue weighted by molar-refractivity contribution is 5.89. The topological polar surface area (TPSA) is 53.5 Å². The second-order valence-corrected chi connectivity index (χ2v) is 11.1. The van der Waals surface area contributed by atoms with Crippen LogP contribution in [0.1, 0.15) is 11.4 Å². The van der Waals surface area contributed by atoms with Gasteiger partial charge in [0.1, 0.15) is 18.5 Å². The van der Waals surface area contributed by atoms with Gasteiger partial charge in [0.15, 0.2) is 0 Å². The van der Waals surface area contributed by atoms with E-state index in [4.69, 9.17) is 9.97 Å². The number of aromatic nitrogens is 6. The van der Waals surface area contributed by atoms with Crippen molar-refractivity contribution in [2.45, 2.75) is 6.92 Å². The van der Waals surface area contributed by atoms with E-state index in [1.165, 1.54) is 0 Å². The highest BCUT2D eigenvalue weighted by Gasteiger charge is 2.20. The van der Waals surface area contributed by atoms with E-state index in [1.54, 1.807) is 6.08 Å². The summed E-state index contributed by atoms with van der Waals surface area (Å²) in [4.78, 5) is 14.6. The molecule has 0 aliphatic heterocycles. The fourth-order valence-electron chi connectivity index (χ4n) is 6.20. The number of imidazole rings is 3. The minimum Gasteiger partial charge on any atom is -0.303 e. The third-order valence-corrected chi connectivity index (χ3v) is 8.43. The van der Waals surface area contributed by atoms with Crippen molar-refractivity contribution in [3.63, 3.8) is 0 Å². The fourth-order valence-corrected chi connectivity index (χ4v) is 6.20. The van der Waals surface area contributed by atoms with Crippen LogP contribution in [0.4, 0.5) is 0 Å². The summed E-state index contributed by atoms with van der Waals surface area (Å²) >= 11 is 0. The Balaban J connectivity index is 1.41. The Labute approximate surface area is 266 Å². The van der Waals surface area contributed by atoms with Crippen molar-refractivity contribution in [2.75, 3.05) is 0 Å². The van der Waals surface area contributed by atoms with Gasteiger partial charge >= 0.3 is 0 Å². The number of rotatable bonds is 7. The van der Waals surface area contributed by atoms with Crippen LogP contribution in [0.2, 0.25) is 0 Å². The molecule has 0 atom stereocenters.